The fourth-order valence-electron chi connectivity index (χ4n) is 3.85. The monoisotopic (exact) mass is 420 g/mol. The molecular weight excluding hydrogens is 368 g/mol. The zero-order chi connectivity index (χ0) is 35.1. The molecular formula is C24H36O5. The summed E-state index contributed by atoms with van der Waals surface area (Å²) in [5, 5.41) is 10.0. The Morgan fingerprint density at radius 1 is 1.62 bits per heavy atom. The summed E-state index contributed by atoms with van der Waals surface area (Å²) in [4.78, 5) is 25.4. The van der Waals surface area contributed by atoms with Gasteiger partial charge in [-0.05, 0) is 48.9 Å². The van der Waals surface area contributed by atoms with Crippen molar-refractivity contribution in [1.29, 1.82) is 0 Å². The molecule has 3 aliphatic rings. The number of rotatable bonds is 6. The van der Waals surface area contributed by atoms with Crippen molar-refractivity contribution in [2.45, 2.75) is 84.3 Å². The zero-order valence-corrected chi connectivity index (χ0v) is 16.3. The predicted molar refractivity (Wildman–Crippen MR) is 111 cm³/mol. The number of carbonyl (C=O) groups excluding carboxylic acids is 2. The number of aliphatic hydroxyl groups is 1. The maximum Gasteiger partial charge on any atom is 0.308 e. The molecule has 0 spiro atoms. The summed E-state index contributed by atoms with van der Waals surface area (Å²) in [6.07, 6.45) is -12.2. The first kappa shape index (κ1) is 9.25. The van der Waals surface area contributed by atoms with Crippen LogP contribution >= 0.6 is 0 Å². The lowest BCUT2D eigenvalue weighted by molar-refractivity contribution is -0.162. The van der Waals surface area contributed by atoms with Gasteiger partial charge in [0, 0.05) is 30.2 Å². The van der Waals surface area contributed by atoms with E-state index in [9.17, 15) is 14.7 Å². The molecule has 1 N–H and O–H groups in total. The number of hydrogen-bond acceptors (Lipinski definition) is 5. The molecule has 162 valence electrons. The van der Waals surface area contributed by atoms with Crippen molar-refractivity contribution in [3.05, 3.63) is 23.7 Å². The fourth-order valence-corrected chi connectivity index (χ4v) is 3.85. The van der Waals surface area contributed by atoms with Gasteiger partial charge in [0.15, 0.2) is 0 Å². The lowest BCUT2D eigenvalue weighted by Gasteiger charge is -2.43. The van der Waals surface area contributed by atoms with Crippen LogP contribution in [0.1, 0.15) is 87.9 Å². The summed E-state index contributed by atoms with van der Waals surface area (Å²) >= 11 is 0. The third-order valence-electron chi connectivity index (χ3n) is 5.35. The van der Waals surface area contributed by atoms with Gasteiger partial charge in [0.1, 0.15) is 12.2 Å². The molecule has 29 heavy (non-hydrogen) atoms. The maximum atomic E-state index is 13.5. The largest absolute Gasteiger partial charge is 0.462 e. The topological polar surface area (TPSA) is 72.8 Å². The molecule has 0 radical (unpaired) electrons. The number of ether oxygens (including phenoxy) is 2. The van der Waals surface area contributed by atoms with Gasteiger partial charge in [-0.3, -0.25) is 9.59 Å². The molecule has 0 amide bonds. The average Bonchev–Trinajstić information content (AvgIpc) is 2.86. The molecule has 0 saturated carbocycles. The van der Waals surface area contributed by atoms with Crippen LogP contribution in [0.2, 0.25) is 0 Å². The van der Waals surface area contributed by atoms with Crippen LogP contribution in [0.15, 0.2) is 23.7 Å². The Balaban J connectivity index is 2.28. The van der Waals surface area contributed by atoms with Gasteiger partial charge in [0.05, 0.1) is 22.5 Å². The molecule has 3 rings (SSSR count). The van der Waals surface area contributed by atoms with E-state index in [2.05, 4.69) is 0 Å². The van der Waals surface area contributed by atoms with E-state index in [1.807, 2.05) is 0 Å². The zero-order valence-electron chi connectivity index (χ0n) is 32.3. The Bertz CT molecular complexity index is 1280. The maximum absolute atomic E-state index is 13.5. The third kappa shape index (κ3) is 5.30. The molecule has 1 aliphatic heterocycles. The summed E-state index contributed by atoms with van der Waals surface area (Å²) in [5.41, 5.74) is -0.681. The number of esters is 2. The van der Waals surface area contributed by atoms with Crippen molar-refractivity contribution in [3.63, 3.8) is 0 Å². The normalized spacial score (nSPS) is 56.2. The van der Waals surface area contributed by atoms with E-state index >= 15 is 0 Å². The highest BCUT2D eigenvalue weighted by Crippen LogP contribution is 2.45. The van der Waals surface area contributed by atoms with Crippen molar-refractivity contribution in [2.75, 3.05) is 0 Å². The van der Waals surface area contributed by atoms with E-state index in [1.165, 1.54) is 6.92 Å². The van der Waals surface area contributed by atoms with E-state index < -0.39 is 110 Å². The lowest BCUT2D eigenvalue weighted by atomic mass is 9.65. The van der Waals surface area contributed by atoms with Crippen molar-refractivity contribution >= 4 is 11.9 Å². The lowest BCUT2D eigenvalue weighted by Crippen LogP contribution is -2.42. The van der Waals surface area contributed by atoms with Gasteiger partial charge in [-0.1, -0.05) is 45.7 Å². The number of carbonyl (C=O) groups is 2. The molecule has 5 heteroatoms. The molecule has 5 nitrogen and oxygen atoms in total. The summed E-state index contributed by atoms with van der Waals surface area (Å²) in [5.74, 6) is -14.8. The molecule has 1 saturated heterocycles. The Labute approximate surface area is 197 Å². The Hall–Kier alpha value is -1.62. The molecule has 1 fully saturated rings. The predicted octanol–water partition coefficient (Wildman–Crippen LogP) is 4.20. The standard InChI is InChI=1S/C24H36O5/c1-5-15(3)24(27)29-21-11-14(2)10-17-7-6-16(4)20(23(17)21)9-8-19-12-18(25)13-22(26)28-19/h6-7,10,14-16,18-21,23,25H,5,8-9,11-13H2,1-4H3/t14-,15-,16-,18+,19?,20-,21?,23-/m0/s1/i1D3,2D3,5D2,6D,7D,10D,11D2,14D,15D,16D. The first-order valence-corrected chi connectivity index (χ1v) is 9.47. The van der Waals surface area contributed by atoms with Gasteiger partial charge < -0.3 is 14.6 Å². The van der Waals surface area contributed by atoms with Gasteiger partial charge in [-0.25, -0.2) is 0 Å². The molecule has 0 aromatic rings. The fraction of sp³-hybridized carbons (Fsp3) is 0.750. The SMILES string of the molecule is [2H]C1=C([2H])[C@]([2H])(C)[C@H](CCC2C[C@@H](O)CC(=O)O2)[C@@H]2C1=C([2H])[C@]([2H])(C([2H])([2H])[2H])C([2H])([2H])C2OC(=O)[C@@]([2H])(C)C([2H])([2H])C([2H])([2H])[2H]. The molecule has 1 heterocycles. The van der Waals surface area contributed by atoms with Crippen molar-refractivity contribution in [2.24, 2.45) is 29.5 Å². The minimum absolute atomic E-state index is 0.00692. The van der Waals surface area contributed by atoms with Gasteiger partial charge in [0.2, 0.25) is 0 Å². The van der Waals surface area contributed by atoms with E-state index in [1.54, 1.807) is 0 Å². The smallest absolute Gasteiger partial charge is 0.308 e. The molecule has 0 aromatic carbocycles. The summed E-state index contributed by atoms with van der Waals surface area (Å²) in [7, 11) is 0. The molecule has 0 bridgehead atoms. The van der Waals surface area contributed by atoms with Crippen LogP contribution in [0.25, 0.3) is 0 Å². The Morgan fingerprint density at radius 2 is 2.45 bits per heavy atom. The van der Waals surface area contributed by atoms with Crippen LogP contribution in [0.4, 0.5) is 0 Å². The van der Waals surface area contributed by atoms with Crippen LogP contribution in [0, 0.1) is 29.5 Å². The Kier molecular flexibility index (Phi) is 3.02. The first-order valence-electron chi connectivity index (χ1n) is 17.5. The van der Waals surface area contributed by atoms with Crippen LogP contribution in [0.5, 0.6) is 0 Å². The Morgan fingerprint density at radius 3 is 3.17 bits per heavy atom. The first-order chi connectivity index (χ1) is 20.0. The number of aliphatic hydroxyl groups excluding tert-OH is 1. The van der Waals surface area contributed by atoms with Crippen molar-refractivity contribution in [1.82, 2.24) is 0 Å². The highest BCUT2D eigenvalue weighted by atomic mass is 16.5. The number of allylic oxidation sites excluding steroid dienone is 3. The number of hydrogen-bond donors (Lipinski definition) is 1. The number of fused-ring (bicyclic) bond motifs is 1. The van der Waals surface area contributed by atoms with Crippen LogP contribution in [-0.2, 0) is 19.1 Å². The van der Waals surface area contributed by atoms with Gasteiger partial charge in [-0.2, -0.15) is 0 Å². The highest BCUT2D eigenvalue weighted by Gasteiger charge is 2.42. The average molecular weight is 421 g/mol. The van der Waals surface area contributed by atoms with E-state index in [-0.39, 0.29) is 25.7 Å². The summed E-state index contributed by atoms with van der Waals surface area (Å²) in [6, 6.07) is -2.85. The van der Waals surface area contributed by atoms with Gasteiger partial charge >= 0.3 is 11.9 Å². The molecule has 8 atom stereocenters. The van der Waals surface area contributed by atoms with E-state index in [4.69, 9.17) is 31.4 Å². The second-order valence-corrected chi connectivity index (χ2v) is 7.48. The van der Waals surface area contributed by atoms with Crippen molar-refractivity contribution in [3.8, 4) is 0 Å². The van der Waals surface area contributed by atoms with Crippen molar-refractivity contribution < 1.29 is 46.1 Å². The molecule has 2 unspecified atom stereocenters. The van der Waals surface area contributed by atoms with Crippen LogP contribution < -0.4 is 0 Å². The van der Waals surface area contributed by atoms with Crippen LogP contribution in [-0.4, -0.2) is 35.4 Å². The van der Waals surface area contributed by atoms with Crippen LogP contribution in [0.3, 0.4) is 0 Å². The molecule has 2 aliphatic carbocycles. The number of cyclic esters (lactones) is 1. The van der Waals surface area contributed by atoms with Gasteiger partial charge in [-0.15, -0.1) is 0 Å². The third-order valence-corrected chi connectivity index (χ3v) is 5.35. The summed E-state index contributed by atoms with van der Waals surface area (Å²) < 4.78 is 143. The highest BCUT2D eigenvalue weighted by molar-refractivity contribution is 5.72. The molecule has 0 aromatic heterocycles. The minimum atomic E-state index is -3.65. The minimum Gasteiger partial charge on any atom is -0.462 e. The van der Waals surface area contributed by atoms with Gasteiger partial charge in [0.25, 0.3) is 0 Å². The second kappa shape index (κ2) is 9.46. The quantitative estimate of drug-likeness (QED) is 0.652. The summed E-state index contributed by atoms with van der Waals surface area (Å²) in [6.45, 7) is -5.46. The van der Waals surface area contributed by atoms with E-state index in [0.717, 1.165) is 0 Å². The van der Waals surface area contributed by atoms with E-state index in [0.29, 0.717) is 6.92 Å². The second-order valence-electron chi connectivity index (χ2n) is 7.48.